The molecular formula is C19H24FN7O2. The zero-order valence-electron chi connectivity index (χ0n) is 16.1. The molecule has 2 aromatic rings. The Hall–Kier alpha value is -3.43. The molecule has 3 rings (SSSR count). The molecule has 1 atom stereocenters. The number of guanidine groups is 1. The summed E-state index contributed by atoms with van der Waals surface area (Å²) in [5.74, 6) is 0.674. The second kappa shape index (κ2) is 9.67. The van der Waals surface area contributed by atoms with Gasteiger partial charge in [0.2, 0.25) is 0 Å². The highest BCUT2D eigenvalue weighted by atomic mass is 19.1. The first-order valence-corrected chi connectivity index (χ1v) is 9.38. The van der Waals surface area contributed by atoms with Gasteiger partial charge in [0.05, 0.1) is 4.92 Å². The molecule has 1 aromatic carbocycles. The lowest BCUT2D eigenvalue weighted by Gasteiger charge is -2.20. The van der Waals surface area contributed by atoms with E-state index in [1.165, 1.54) is 12.1 Å². The summed E-state index contributed by atoms with van der Waals surface area (Å²) in [5.41, 5.74) is 0.522. The van der Waals surface area contributed by atoms with Crippen LogP contribution in [0.25, 0.3) is 0 Å². The summed E-state index contributed by atoms with van der Waals surface area (Å²) < 4.78 is 13.9. The number of nitrogens with one attached hydrogen (secondary N) is 3. The molecule has 29 heavy (non-hydrogen) atoms. The van der Waals surface area contributed by atoms with Gasteiger partial charge in [-0.25, -0.2) is 9.37 Å². The van der Waals surface area contributed by atoms with Crippen LogP contribution in [0, 0.1) is 15.9 Å². The Morgan fingerprint density at radius 3 is 2.93 bits per heavy atom. The minimum atomic E-state index is -0.410. The lowest BCUT2D eigenvalue weighted by Crippen LogP contribution is -2.45. The number of benzene rings is 1. The summed E-state index contributed by atoms with van der Waals surface area (Å²) in [4.78, 5) is 20.9. The SMILES string of the molecule is CN=C(NCCNc1ccccc1[N+](=O)[O-])NC1CCN(c2ncccc2F)C1. The number of hydrogen-bond acceptors (Lipinski definition) is 6. The molecule has 1 aromatic heterocycles. The summed E-state index contributed by atoms with van der Waals surface area (Å²) in [6.45, 7) is 2.35. The largest absolute Gasteiger partial charge is 0.378 e. The first kappa shape index (κ1) is 20.3. The Morgan fingerprint density at radius 1 is 1.34 bits per heavy atom. The number of pyridine rings is 1. The predicted molar refractivity (Wildman–Crippen MR) is 111 cm³/mol. The van der Waals surface area contributed by atoms with Gasteiger partial charge in [-0.3, -0.25) is 15.1 Å². The molecule has 0 saturated carbocycles. The van der Waals surface area contributed by atoms with Crippen LogP contribution in [0.2, 0.25) is 0 Å². The van der Waals surface area contributed by atoms with Crippen LogP contribution in [0.5, 0.6) is 0 Å². The topological polar surface area (TPSA) is 108 Å². The Balaban J connectivity index is 1.45. The number of anilines is 2. The first-order chi connectivity index (χ1) is 14.1. The second-order valence-electron chi connectivity index (χ2n) is 6.58. The molecular weight excluding hydrogens is 377 g/mol. The van der Waals surface area contributed by atoms with Gasteiger partial charge in [-0.2, -0.15) is 0 Å². The van der Waals surface area contributed by atoms with E-state index in [2.05, 4.69) is 25.9 Å². The Labute approximate surface area is 168 Å². The van der Waals surface area contributed by atoms with E-state index in [-0.39, 0.29) is 17.5 Å². The summed E-state index contributed by atoms with van der Waals surface area (Å²) in [6, 6.07) is 9.63. The van der Waals surface area contributed by atoms with E-state index in [4.69, 9.17) is 0 Å². The summed E-state index contributed by atoms with van der Waals surface area (Å²) in [5, 5.41) is 20.6. The molecule has 154 valence electrons. The highest BCUT2D eigenvalue weighted by Gasteiger charge is 2.25. The fraction of sp³-hybridized carbons (Fsp3) is 0.368. The van der Waals surface area contributed by atoms with E-state index in [1.54, 1.807) is 37.5 Å². The van der Waals surface area contributed by atoms with E-state index < -0.39 is 4.92 Å². The quantitative estimate of drug-likeness (QED) is 0.214. The first-order valence-electron chi connectivity index (χ1n) is 9.38. The Morgan fingerprint density at radius 2 is 2.17 bits per heavy atom. The van der Waals surface area contributed by atoms with Gasteiger partial charge in [-0.1, -0.05) is 12.1 Å². The molecule has 0 amide bonds. The zero-order valence-corrected chi connectivity index (χ0v) is 16.1. The highest BCUT2D eigenvalue weighted by molar-refractivity contribution is 5.80. The van der Waals surface area contributed by atoms with Crippen molar-refractivity contribution in [1.82, 2.24) is 15.6 Å². The van der Waals surface area contributed by atoms with Crippen molar-refractivity contribution in [3.63, 3.8) is 0 Å². The number of aromatic nitrogens is 1. The minimum Gasteiger partial charge on any atom is -0.378 e. The maximum atomic E-state index is 13.9. The number of hydrogen-bond donors (Lipinski definition) is 3. The van der Waals surface area contributed by atoms with Gasteiger partial charge >= 0.3 is 0 Å². The number of nitro benzene ring substituents is 1. The molecule has 0 radical (unpaired) electrons. The van der Waals surface area contributed by atoms with Crippen LogP contribution in [0.1, 0.15) is 6.42 Å². The standard InChI is InChI=1S/C19H24FN7O2/c1-21-19(24-11-10-22-16-6-2-3-7-17(16)27(28)29)25-14-8-12-26(13-14)18-15(20)5-4-9-23-18/h2-7,9,14,22H,8,10-13H2,1H3,(H2,21,24,25). The number of rotatable bonds is 7. The van der Waals surface area contributed by atoms with Crippen molar-refractivity contribution in [3.05, 3.63) is 58.5 Å². The molecule has 10 heteroatoms. The Kier molecular flexibility index (Phi) is 6.77. The average molecular weight is 401 g/mol. The average Bonchev–Trinajstić information content (AvgIpc) is 3.19. The van der Waals surface area contributed by atoms with Crippen molar-refractivity contribution in [2.24, 2.45) is 4.99 Å². The summed E-state index contributed by atoms with van der Waals surface area (Å²) in [7, 11) is 1.68. The molecule has 1 aliphatic heterocycles. The minimum absolute atomic E-state index is 0.0443. The van der Waals surface area contributed by atoms with Crippen molar-refractivity contribution in [1.29, 1.82) is 0 Å². The molecule has 0 spiro atoms. The molecule has 3 N–H and O–H groups in total. The third-order valence-electron chi connectivity index (χ3n) is 4.62. The summed E-state index contributed by atoms with van der Waals surface area (Å²) >= 11 is 0. The summed E-state index contributed by atoms with van der Waals surface area (Å²) in [6.07, 6.45) is 2.43. The molecule has 0 bridgehead atoms. The van der Waals surface area contributed by atoms with Crippen molar-refractivity contribution in [2.75, 3.05) is 43.4 Å². The second-order valence-corrected chi connectivity index (χ2v) is 6.58. The third-order valence-corrected chi connectivity index (χ3v) is 4.62. The molecule has 1 aliphatic rings. The van der Waals surface area contributed by atoms with Crippen LogP contribution >= 0.6 is 0 Å². The van der Waals surface area contributed by atoms with Crippen LogP contribution in [0.3, 0.4) is 0 Å². The number of para-hydroxylation sites is 2. The smallest absolute Gasteiger partial charge is 0.292 e. The van der Waals surface area contributed by atoms with Crippen molar-refractivity contribution in [3.8, 4) is 0 Å². The fourth-order valence-corrected chi connectivity index (χ4v) is 3.23. The molecule has 1 saturated heterocycles. The number of nitrogens with zero attached hydrogens (tertiary/aromatic N) is 4. The van der Waals surface area contributed by atoms with Crippen molar-refractivity contribution in [2.45, 2.75) is 12.5 Å². The van der Waals surface area contributed by atoms with E-state index in [0.29, 0.717) is 43.6 Å². The van der Waals surface area contributed by atoms with Gasteiger partial charge in [-0.05, 0) is 24.6 Å². The molecule has 2 heterocycles. The van der Waals surface area contributed by atoms with Crippen LogP contribution in [0.15, 0.2) is 47.6 Å². The van der Waals surface area contributed by atoms with Gasteiger partial charge in [-0.15, -0.1) is 0 Å². The number of halogens is 1. The number of aliphatic imine (C=N–C) groups is 1. The van der Waals surface area contributed by atoms with Gasteiger partial charge in [0.25, 0.3) is 5.69 Å². The van der Waals surface area contributed by atoms with Gasteiger partial charge in [0, 0.05) is 51.5 Å². The van der Waals surface area contributed by atoms with Crippen molar-refractivity contribution < 1.29 is 9.31 Å². The van der Waals surface area contributed by atoms with E-state index in [1.807, 2.05) is 4.90 Å². The fourth-order valence-electron chi connectivity index (χ4n) is 3.23. The monoisotopic (exact) mass is 401 g/mol. The van der Waals surface area contributed by atoms with E-state index >= 15 is 0 Å². The van der Waals surface area contributed by atoms with Crippen LogP contribution in [-0.2, 0) is 0 Å². The molecule has 1 fully saturated rings. The predicted octanol–water partition coefficient (Wildman–Crippen LogP) is 1.98. The van der Waals surface area contributed by atoms with E-state index in [9.17, 15) is 14.5 Å². The van der Waals surface area contributed by atoms with E-state index in [0.717, 1.165) is 6.42 Å². The van der Waals surface area contributed by atoms with Crippen LogP contribution in [0.4, 0.5) is 21.6 Å². The number of nitro groups is 1. The maximum Gasteiger partial charge on any atom is 0.292 e. The highest BCUT2D eigenvalue weighted by Crippen LogP contribution is 2.23. The maximum absolute atomic E-state index is 13.9. The van der Waals surface area contributed by atoms with Crippen molar-refractivity contribution >= 4 is 23.2 Å². The normalized spacial score (nSPS) is 16.6. The van der Waals surface area contributed by atoms with Crippen LogP contribution in [-0.4, -0.2) is 55.1 Å². The van der Waals surface area contributed by atoms with Gasteiger partial charge < -0.3 is 20.9 Å². The molecule has 9 nitrogen and oxygen atoms in total. The third kappa shape index (κ3) is 5.31. The van der Waals surface area contributed by atoms with Gasteiger partial charge in [0.15, 0.2) is 17.6 Å². The van der Waals surface area contributed by atoms with Gasteiger partial charge in [0.1, 0.15) is 5.69 Å². The lowest BCUT2D eigenvalue weighted by atomic mass is 10.2. The molecule has 1 unspecified atom stereocenters. The Bertz CT molecular complexity index is 877. The lowest BCUT2D eigenvalue weighted by molar-refractivity contribution is -0.384. The van der Waals surface area contributed by atoms with Crippen LogP contribution < -0.4 is 20.9 Å². The zero-order chi connectivity index (χ0) is 20.6. The molecule has 0 aliphatic carbocycles.